The van der Waals surface area contributed by atoms with Crippen molar-refractivity contribution in [3.8, 4) is 5.75 Å². The molecule has 1 aromatic carbocycles. The van der Waals surface area contributed by atoms with Crippen molar-refractivity contribution in [1.82, 2.24) is 31.9 Å². The van der Waals surface area contributed by atoms with Crippen molar-refractivity contribution in [2.24, 2.45) is 0 Å². The smallest absolute Gasteiger partial charge is 0.481 e. The zero-order valence-electron chi connectivity index (χ0n) is 44.7. The number of carboxylic acids is 2. The first-order valence-electron chi connectivity index (χ1n) is 26.8. The SMILES string of the molecule is CN[C@@H](CCCCNC(=O)COCCOCCNC(=O)COCCOCCNC(=O)CC[C@H](NC(=O)CCCCCCCCCCCCCCCCC(=O)O)C(=O)O)C(=O)N[C@@H](Cc1ccc(OP(=O)(O)O)cc1)C(=O)I. The number of phosphoric ester groups is 1. The van der Waals surface area contributed by atoms with Gasteiger partial charge in [-0.3, -0.25) is 43.3 Å². The summed E-state index contributed by atoms with van der Waals surface area (Å²) in [6.45, 7) is 1.46. The Morgan fingerprint density at radius 3 is 1.48 bits per heavy atom. The Hall–Kier alpha value is -4.34. The highest BCUT2D eigenvalue weighted by Gasteiger charge is 2.25. The quantitative estimate of drug-likeness (QED) is 0.0191. The summed E-state index contributed by atoms with van der Waals surface area (Å²) in [6, 6.07) is 3.23. The molecule has 0 bridgehead atoms. The highest BCUT2D eigenvalue weighted by molar-refractivity contribution is 14.1. The van der Waals surface area contributed by atoms with Crippen molar-refractivity contribution in [2.75, 3.05) is 79.5 Å². The van der Waals surface area contributed by atoms with Gasteiger partial charge in [0.25, 0.3) is 0 Å². The molecule has 0 saturated heterocycles. The fraction of sp³-hybridized carbons (Fsp3) is 0.725. The summed E-state index contributed by atoms with van der Waals surface area (Å²) in [6.07, 6.45) is 17.1. The van der Waals surface area contributed by atoms with Gasteiger partial charge >= 0.3 is 19.8 Å². The second kappa shape index (κ2) is 45.5. The number of rotatable bonds is 51. The number of hydrogen-bond donors (Lipinski definition) is 10. The van der Waals surface area contributed by atoms with E-state index in [4.69, 9.17) is 33.8 Å². The van der Waals surface area contributed by atoms with Crippen LogP contribution in [0.2, 0.25) is 0 Å². The van der Waals surface area contributed by atoms with Crippen molar-refractivity contribution < 1.29 is 86.4 Å². The molecule has 5 amide bonds. The summed E-state index contributed by atoms with van der Waals surface area (Å²) < 4.78 is 36.7. The Labute approximate surface area is 466 Å². The second-order valence-corrected chi connectivity index (χ2v) is 20.6. The van der Waals surface area contributed by atoms with Crippen molar-refractivity contribution in [3.05, 3.63) is 29.8 Å². The molecule has 26 heteroatoms. The largest absolute Gasteiger partial charge is 0.524 e. The van der Waals surface area contributed by atoms with Crippen molar-refractivity contribution in [1.29, 1.82) is 0 Å². The fourth-order valence-electron chi connectivity index (χ4n) is 7.60. The molecular formula is C51H86IN6O18P. The Morgan fingerprint density at radius 1 is 0.519 bits per heavy atom. The first kappa shape index (κ1) is 70.7. The predicted octanol–water partition coefficient (Wildman–Crippen LogP) is 4.00. The number of benzene rings is 1. The number of unbranched alkanes of at least 4 members (excludes halogenated alkanes) is 14. The van der Waals surface area contributed by atoms with Crippen molar-refractivity contribution >= 4 is 75.7 Å². The minimum atomic E-state index is -4.71. The molecular weight excluding hydrogens is 1140 g/mol. The molecule has 24 nitrogen and oxygen atoms in total. The zero-order valence-corrected chi connectivity index (χ0v) is 47.8. The van der Waals surface area contributed by atoms with Gasteiger partial charge in [-0.2, -0.15) is 0 Å². The van der Waals surface area contributed by atoms with Crippen LogP contribution >= 0.6 is 30.4 Å². The lowest BCUT2D eigenvalue weighted by Crippen LogP contribution is -2.49. The van der Waals surface area contributed by atoms with Crippen LogP contribution in [-0.2, 0) is 68.3 Å². The summed E-state index contributed by atoms with van der Waals surface area (Å²) in [4.78, 5) is 114. The average Bonchev–Trinajstić information content (AvgIpc) is 3.37. The van der Waals surface area contributed by atoms with Gasteiger partial charge in [0.2, 0.25) is 33.3 Å². The van der Waals surface area contributed by atoms with E-state index in [0.717, 1.165) is 44.9 Å². The van der Waals surface area contributed by atoms with Crippen LogP contribution in [0, 0.1) is 0 Å². The topological polar surface area (TPSA) is 353 Å². The van der Waals surface area contributed by atoms with E-state index >= 15 is 0 Å². The highest BCUT2D eigenvalue weighted by Crippen LogP contribution is 2.37. The highest BCUT2D eigenvalue weighted by atomic mass is 127. The third-order valence-corrected chi connectivity index (χ3v) is 13.0. The summed E-state index contributed by atoms with van der Waals surface area (Å²) in [7, 11) is -3.08. The van der Waals surface area contributed by atoms with E-state index in [1.165, 1.54) is 50.7 Å². The molecule has 1 rings (SSSR count). The van der Waals surface area contributed by atoms with E-state index < -0.39 is 37.9 Å². The molecule has 3 atom stereocenters. The van der Waals surface area contributed by atoms with E-state index in [1.54, 1.807) is 41.8 Å². The number of phosphoric acid groups is 1. The van der Waals surface area contributed by atoms with Gasteiger partial charge in [0.05, 0.1) is 45.7 Å². The van der Waals surface area contributed by atoms with Gasteiger partial charge in [-0.05, 0) is 63.3 Å². The zero-order chi connectivity index (χ0) is 56.9. The molecule has 0 aliphatic heterocycles. The maximum Gasteiger partial charge on any atom is 0.524 e. The molecule has 0 radical (unpaired) electrons. The molecule has 0 fully saturated rings. The van der Waals surface area contributed by atoms with Crippen LogP contribution in [-0.4, -0.2) is 163 Å². The number of likely N-dealkylation sites (N-methyl/N-ethyl adjacent to an activating group) is 1. The molecule has 440 valence electrons. The Balaban J connectivity index is 1.99. The predicted molar refractivity (Wildman–Crippen MR) is 293 cm³/mol. The van der Waals surface area contributed by atoms with E-state index in [9.17, 15) is 48.0 Å². The third-order valence-electron chi connectivity index (χ3n) is 11.8. The van der Waals surface area contributed by atoms with E-state index in [1.807, 2.05) is 0 Å². The molecule has 0 aromatic heterocycles. The standard InChI is InChI=1S/C51H86IN6O18P/c1-53-41(50(66)58-43(49(52)65)36-39-21-23-40(24-22-39)76-77(69,70)71)18-16-17-27-54-46(61)37-74-34-33-73-31-29-56-47(62)38-75-35-32-72-30-28-55-44(59)26-25-42(51(67)68)57-45(60)19-14-12-10-8-6-4-2-3-5-7-9-11-13-15-20-48(63)64/h21-24,41-43,53H,2-20,25-38H2,1H3,(H,54,61)(H,55,59)(H,56,62)(H,57,60)(H,58,66)(H,63,64)(H,67,68)(H2,69,70,71)/t41-,42-,43-/m0/s1. The Bertz CT molecular complexity index is 1900. The van der Waals surface area contributed by atoms with Gasteiger partial charge in [0.1, 0.15) is 31.0 Å². The van der Waals surface area contributed by atoms with Crippen LogP contribution in [0.25, 0.3) is 0 Å². The van der Waals surface area contributed by atoms with Crippen LogP contribution < -0.4 is 36.4 Å². The van der Waals surface area contributed by atoms with Crippen LogP contribution in [0.15, 0.2) is 24.3 Å². The molecule has 0 aliphatic rings. The molecule has 0 aliphatic carbocycles. The van der Waals surface area contributed by atoms with Crippen LogP contribution in [0.4, 0.5) is 0 Å². The van der Waals surface area contributed by atoms with E-state index in [-0.39, 0.29) is 137 Å². The minimum absolute atomic E-state index is 0.0360. The molecule has 0 heterocycles. The van der Waals surface area contributed by atoms with Crippen LogP contribution in [0.1, 0.15) is 140 Å². The molecule has 77 heavy (non-hydrogen) atoms. The number of halogens is 1. The third kappa shape index (κ3) is 42.3. The van der Waals surface area contributed by atoms with Crippen LogP contribution in [0.3, 0.4) is 0 Å². The van der Waals surface area contributed by atoms with Crippen molar-refractivity contribution in [3.63, 3.8) is 0 Å². The lowest BCUT2D eigenvalue weighted by Gasteiger charge is -2.21. The number of amides is 5. The number of aliphatic carboxylic acids is 2. The number of nitrogens with one attached hydrogen (secondary N) is 6. The monoisotopic (exact) mass is 1230 g/mol. The van der Waals surface area contributed by atoms with Gasteiger partial charge in [-0.15, -0.1) is 0 Å². The first-order valence-corrected chi connectivity index (χ1v) is 29.4. The first-order chi connectivity index (χ1) is 36.9. The van der Waals surface area contributed by atoms with Gasteiger partial charge < -0.3 is 65.6 Å². The van der Waals surface area contributed by atoms with Gasteiger partial charge in [-0.1, -0.05) is 89.2 Å². The lowest BCUT2D eigenvalue weighted by atomic mass is 10.0. The molecule has 0 saturated carbocycles. The van der Waals surface area contributed by atoms with Gasteiger partial charge in [-0.25, -0.2) is 9.36 Å². The normalized spacial score (nSPS) is 12.5. The number of ether oxygens (including phenoxy) is 4. The molecule has 0 unspecified atom stereocenters. The van der Waals surface area contributed by atoms with Crippen molar-refractivity contribution in [2.45, 2.75) is 159 Å². The summed E-state index contributed by atoms with van der Waals surface area (Å²) in [5.74, 6) is -3.71. The van der Waals surface area contributed by atoms with E-state index in [2.05, 4.69) is 36.4 Å². The fourth-order valence-corrected chi connectivity index (χ4v) is 8.37. The number of carboxylic acid groups (broad SMARTS) is 2. The Kier molecular flexibility index (Phi) is 41.8. The Morgan fingerprint density at radius 2 is 1.00 bits per heavy atom. The van der Waals surface area contributed by atoms with Crippen LogP contribution in [0.5, 0.6) is 5.75 Å². The molecule has 10 N–H and O–H groups in total. The minimum Gasteiger partial charge on any atom is -0.481 e. The molecule has 1 aromatic rings. The summed E-state index contributed by atoms with van der Waals surface area (Å²) in [5, 5.41) is 34.5. The number of hydrogen-bond acceptors (Lipinski definition) is 15. The summed E-state index contributed by atoms with van der Waals surface area (Å²) in [5.41, 5.74) is 0.645. The summed E-state index contributed by atoms with van der Waals surface area (Å²) >= 11 is 1.61. The average molecular weight is 1230 g/mol. The number of carbonyl (C=O) groups excluding carboxylic acids is 6. The van der Waals surface area contributed by atoms with E-state index in [0.29, 0.717) is 37.8 Å². The second-order valence-electron chi connectivity index (χ2n) is 18.4. The number of carbonyl (C=O) groups is 8. The lowest BCUT2D eigenvalue weighted by molar-refractivity contribution is -0.142. The maximum atomic E-state index is 12.9. The molecule has 0 spiro atoms. The maximum absolute atomic E-state index is 12.9. The van der Waals surface area contributed by atoms with Gasteiger partial charge in [0.15, 0.2) is 0 Å². The van der Waals surface area contributed by atoms with Gasteiger partial charge in [0, 0.05) is 67.9 Å².